The Bertz CT molecular complexity index is 1160. The number of nitrogens with zero attached hydrogens (tertiary/aromatic N) is 3. The van der Waals surface area contributed by atoms with Crippen LogP contribution in [0.3, 0.4) is 0 Å². The Hall–Kier alpha value is -3.41. The van der Waals surface area contributed by atoms with E-state index in [-0.39, 0.29) is 17.4 Å². The second-order valence-corrected chi connectivity index (χ2v) is 9.39. The van der Waals surface area contributed by atoms with Gasteiger partial charge in [0.2, 0.25) is 5.91 Å². The summed E-state index contributed by atoms with van der Waals surface area (Å²) in [6.07, 6.45) is 7.89. The van der Waals surface area contributed by atoms with Gasteiger partial charge in [0.05, 0.1) is 11.6 Å². The third-order valence-corrected chi connectivity index (χ3v) is 6.56. The van der Waals surface area contributed by atoms with E-state index in [1.165, 1.54) is 0 Å². The lowest BCUT2D eigenvalue weighted by Gasteiger charge is -2.34. The molecule has 1 spiro atoms. The van der Waals surface area contributed by atoms with Crippen LogP contribution in [0.1, 0.15) is 54.7 Å². The van der Waals surface area contributed by atoms with Gasteiger partial charge < -0.3 is 14.8 Å². The summed E-state index contributed by atoms with van der Waals surface area (Å²) in [7, 11) is 0. The average Bonchev–Trinajstić information content (AvgIpc) is 3.46. The summed E-state index contributed by atoms with van der Waals surface area (Å²) in [5.41, 5.74) is 2.36. The highest BCUT2D eigenvalue weighted by Crippen LogP contribution is 2.54. The van der Waals surface area contributed by atoms with E-state index < -0.39 is 11.5 Å². The molecule has 0 bridgehead atoms. The molecule has 2 unspecified atom stereocenters. The maximum absolute atomic E-state index is 13.7. The number of nitrogens with one attached hydrogen (secondary N) is 1. The van der Waals surface area contributed by atoms with Gasteiger partial charge in [0.1, 0.15) is 5.41 Å². The molecule has 2 aromatic heterocycles. The second-order valence-electron chi connectivity index (χ2n) is 9.39. The van der Waals surface area contributed by atoms with Crippen LogP contribution in [-0.4, -0.2) is 32.8 Å². The van der Waals surface area contributed by atoms with Crippen molar-refractivity contribution in [2.24, 2.45) is 0 Å². The van der Waals surface area contributed by atoms with E-state index in [0.717, 1.165) is 16.8 Å². The monoisotopic (exact) mass is 414 g/mol. The normalized spacial score (nSPS) is 22.6. The summed E-state index contributed by atoms with van der Waals surface area (Å²) >= 11 is 0. The molecule has 1 N–H and O–H groups in total. The Kier molecular flexibility index (Phi) is 4.29. The van der Waals surface area contributed by atoms with Crippen LogP contribution in [0.2, 0.25) is 0 Å². The van der Waals surface area contributed by atoms with Gasteiger partial charge in [0.15, 0.2) is 0 Å². The van der Waals surface area contributed by atoms with Crippen molar-refractivity contribution >= 4 is 17.5 Å². The first-order valence-corrected chi connectivity index (χ1v) is 10.6. The molecule has 3 aromatic rings. The molecule has 0 aliphatic carbocycles. The van der Waals surface area contributed by atoms with Gasteiger partial charge in [-0.1, -0.05) is 24.3 Å². The van der Waals surface area contributed by atoms with Gasteiger partial charge in [0, 0.05) is 42.6 Å². The van der Waals surface area contributed by atoms with Crippen LogP contribution < -0.4 is 5.32 Å². The number of hydrogen-bond acceptors (Lipinski definition) is 3. The molecule has 2 amide bonds. The zero-order valence-corrected chi connectivity index (χ0v) is 18.0. The first-order valence-electron chi connectivity index (χ1n) is 10.6. The Labute approximate surface area is 181 Å². The van der Waals surface area contributed by atoms with Gasteiger partial charge in [-0.3, -0.25) is 14.6 Å². The quantitative estimate of drug-likeness (QED) is 0.686. The number of benzene rings is 1. The van der Waals surface area contributed by atoms with Crippen LogP contribution in [0, 0.1) is 0 Å². The number of pyridine rings is 1. The van der Waals surface area contributed by atoms with Crippen molar-refractivity contribution in [2.75, 3.05) is 11.9 Å². The van der Waals surface area contributed by atoms with Crippen molar-refractivity contribution < 1.29 is 9.59 Å². The number of hydrogen-bond donors (Lipinski definition) is 1. The predicted octanol–water partition coefficient (Wildman–Crippen LogP) is 4.12. The number of para-hydroxylation sites is 1. The van der Waals surface area contributed by atoms with E-state index in [1.54, 1.807) is 12.4 Å². The number of carbonyl (C=O) groups excluding carboxylic acids is 2. The Morgan fingerprint density at radius 2 is 1.97 bits per heavy atom. The fourth-order valence-electron chi connectivity index (χ4n) is 5.01. The molecule has 2 atom stereocenters. The zero-order valence-electron chi connectivity index (χ0n) is 18.0. The van der Waals surface area contributed by atoms with Crippen LogP contribution >= 0.6 is 0 Å². The smallest absolute Gasteiger partial charge is 0.255 e. The van der Waals surface area contributed by atoms with E-state index in [2.05, 4.69) is 31.1 Å². The molecule has 6 heteroatoms. The third kappa shape index (κ3) is 2.89. The molecule has 1 aromatic carbocycles. The highest BCUT2D eigenvalue weighted by atomic mass is 16.2. The summed E-state index contributed by atoms with van der Waals surface area (Å²) in [6, 6.07) is 13.1. The molecule has 158 valence electrons. The lowest BCUT2D eigenvalue weighted by molar-refractivity contribution is -0.121. The van der Waals surface area contributed by atoms with Gasteiger partial charge in [-0.15, -0.1) is 0 Å². The lowest BCUT2D eigenvalue weighted by atomic mass is 9.73. The lowest BCUT2D eigenvalue weighted by Crippen LogP contribution is -2.42. The van der Waals surface area contributed by atoms with Crippen LogP contribution in [-0.2, 0) is 15.7 Å². The van der Waals surface area contributed by atoms with E-state index >= 15 is 0 Å². The summed E-state index contributed by atoms with van der Waals surface area (Å²) < 4.78 is 2.04. The number of amides is 2. The van der Waals surface area contributed by atoms with Crippen molar-refractivity contribution in [1.29, 1.82) is 0 Å². The van der Waals surface area contributed by atoms with Crippen LogP contribution in [0.4, 0.5) is 5.69 Å². The molecule has 5 rings (SSSR count). The molecule has 2 aliphatic heterocycles. The zero-order chi connectivity index (χ0) is 21.8. The van der Waals surface area contributed by atoms with E-state index in [0.29, 0.717) is 18.5 Å². The fraction of sp³-hybridized carbons (Fsp3) is 0.320. The van der Waals surface area contributed by atoms with Gasteiger partial charge in [0.25, 0.3) is 5.91 Å². The molecule has 4 heterocycles. The minimum absolute atomic E-state index is 0.0508. The summed E-state index contributed by atoms with van der Waals surface area (Å²) in [5.74, 6) is -0.115. The molecule has 2 aliphatic rings. The maximum atomic E-state index is 13.7. The fourth-order valence-corrected chi connectivity index (χ4v) is 5.01. The third-order valence-electron chi connectivity index (χ3n) is 6.56. The van der Waals surface area contributed by atoms with E-state index in [1.807, 2.05) is 64.3 Å². The number of aromatic nitrogens is 2. The average molecular weight is 415 g/mol. The Balaban J connectivity index is 1.62. The van der Waals surface area contributed by atoms with Crippen molar-refractivity contribution in [2.45, 2.75) is 44.2 Å². The van der Waals surface area contributed by atoms with Gasteiger partial charge in [-0.05, 0) is 56.5 Å². The van der Waals surface area contributed by atoms with Crippen molar-refractivity contribution in [3.8, 4) is 0 Å². The Morgan fingerprint density at radius 3 is 2.68 bits per heavy atom. The maximum Gasteiger partial charge on any atom is 0.255 e. The van der Waals surface area contributed by atoms with Crippen LogP contribution in [0.5, 0.6) is 0 Å². The number of likely N-dealkylation sites (tertiary alicyclic amines) is 1. The van der Waals surface area contributed by atoms with Gasteiger partial charge in [-0.25, -0.2) is 0 Å². The Morgan fingerprint density at radius 1 is 1.16 bits per heavy atom. The summed E-state index contributed by atoms with van der Waals surface area (Å²) in [4.78, 5) is 33.2. The molecule has 31 heavy (non-hydrogen) atoms. The minimum Gasteiger partial charge on any atom is -0.348 e. The molecule has 0 saturated carbocycles. The highest BCUT2D eigenvalue weighted by molar-refractivity contribution is 6.08. The second kappa shape index (κ2) is 6.80. The van der Waals surface area contributed by atoms with Crippen molar-refractivity contribution in [3.05, 3.63) is 83.9 Å². The van der Waals surface area contributed by atoms with E-state index in [4.69, 9.17) is 0 Å². The largest absolute Gasteiger partial charge is 0.348 e. The molecule has 0 radical (unpaired) electrons. The predicted molar refractivity (Wildman–Crippen MR) is 119 cm³/mol. The molecule has 6 nitrogen and oxygen atoms in total. The van der Waals surface area contributed by atoms with E-state index in [9.17, 15) is 9.59 Å². The number of fused-ring (bicyclic) bond motifs is 2. The SMILES string of the molecule is CC(C)(C)n1ccc(C(=O)N2CCC3(C(=O)Nc4ccccc43)C2c2cccnc2)c1. The number of carbonyl (C=O) groups is 2. The minimum atomic E-state index is -0.818. The summed E-state index contributed by atoms with van der Waals surface area (Å²) in [5, 5.41) is 3.05. The highest BCUT2D eigenvalue weighted by Gasteiger charge is 2.59. The molecular weight excluding hydrogens is 388 g/mol. The van der Waals surface area contributed by atoms with Crippen LogP contribution in [0.15, 0.2) is 67.3 Å². The summed E-state index contributed by atoms with van der Waals surface area (Å²) in [6.45, 7) is 6.81. The van der Waals surface area contributed by atoms with Crippen LogP contribution in [0.25, 0.3) is 0 Å². The number of rotatable bonds is 2. The van der Waals surface area contributed by atoms with Crippen molar-refractivity contribution in [1.82, 2.24) is 14.5 Å². The standard InChI is InChI=1S/C25H26N4O2/c1-24(2,3)28-13-10-18(16-28)22(30)29-14-11-25(21(29)17-7-6-12-26-15-17)19-8-4-5-9-20(19)27-23(25)31/h4-10,12-13,15-16,21H,11,14H2,1-3H3,(H,27,31). The van der Waals surface area contributed by atoms with Gasteiger partial charge in [-0.2, -0.15) is 0 Å². The number of anilines is 1. The first-order chi connectivity index (χ1) is 14.8. The molecule has 1 fully saturated rings. The topological polar surface area (TPSA) is 67.2 Å². The molecule has 1 saturated heterocycles. The van der Waals surface area contributed by atoms with Gasteiger partial charge >= 0.3 is 0 Å². The van der Waals surface area contributed by atoms with Crippen molar-refractivity contribution in [3.63, 3.8) is 0 Å². The first kappa shape index (κ1) is 19.5. The molecular formula is C25H26N4O2.